The van der Waals surface area contributed by atoms with Gasteiger partial charge in [0, 0.05) is 36.8 Å². The van der Waals surface area contributed by atoms with Gasteiger partial charge in [-0.15, -0.1) is 0 Å². The standard InChI is InChI=1S/C25H20N2O10.C25H18N2O8.C9H10Br2O4.C8H5NO2.C5H8O2.C5H6.C2H2Br2O.K/c28-18(10-26-22(32)12-5-1-2-6-13(12)23(26)33)36-16-9-17(21(31)20(16)30)37-19(29)11-27-24(34)14-7-3-4-8-15(14)25(27)35;28-20(12-26-22(30)16-5-1-2-6-17(16)23(26)31)34-14-9-10-15(11-14)35-21(29)13-27-24(32)18-7-3-4-8-19(18)25(27)33;10-4-8(12)14-6-1-2-7(3-6)15-9(13)5-11;10-7-5-3-1-2-4-6(5)8(11)9-7;6-4-1-2-5(7)3-4;1-2-4-5-3-1;3-1-2(4)5;/h1-8,16-17,20-21,30-31H,9-11H2;1-10,14-15H,11-13H2;1-2,6-7H,3-5H2;1-4H,(H,9,10,11);1-2,4-7H,3H2;1-4H,5H2;1H2;/q;;;;;;;+1/p-1/t16-,17?,20+,21-;14-,15?;6-,7+;;4-,5+;;;/m01....../s1. The zero-order valence-corrected chi connectivity index (χ0v) is 70.5. The van der Waals surface area contributed by atoms with Crippen molar-refractivity contribution >= 4 is 163 Å². The number of carbonyl (C=O) groups is 17. The predicted molar refractivity (Wildman–Crippen MR) is 413 cm³/mol. The van der Waals surface area contributed by atoms with E-state index in [1.165, 1.54) is 60.7 Å². The molecule has 1 fully saturated rings. The summed E-state index contributed by atoms with van der Waals surface area (Å²) in [5.41, 5.74) is 2.38. The van der Waals surface area contributed by atoms with Gasteiger partial charge in [0.25, 0.3) is 47.3 Å². The van der Waals surface area contributed by atoms with Crippen LogP contribution < -0.4 is 51.4 Å². The summed E-state index contributed by atoms with van der Waals surface area (Å²) in [6.07, 6.45) is 11.3. The van der Waals surface area contributed by atoms with Gasteiger partial charge in [0.15, 0.2) is 0 Å². The van der Waals surface area contributed by atoms with E-state index in [0.29, 0.717) is 39.1 Å². The van der Waals surface area contributed by atoms with Crippen LogP contribution in [-0.2, 0) is 62.0 Å². The second kappa shape index (κ2) is 43.5. The normalized spacial score (nSPS) is 21.9. The van der Waals surface area contributed by atoms with E-state index < -0.39 is 158 Å². The van der Waals surface area contributed by atoms with E-state index in [1.54, 1.807) is 97.1 Å². The summed E-state index contributed by atoms with van der Waals surface area (Å²) < 4.78 is 31.0. The summed E-state index contributed by atoms with van der Waals surface area (Å²) in [6.45, 7) is -2.51. The largest absolute Gasteiger partial charge is 1.00 e. The molecule has 5 heterocycles. The van der Waals surface area contributed by atoms with Crippen LogP contribution in [-0.4, -0.2) is 243 Å². The molecule has 0 saturated heterocycles. The third kappa shape index (κ3) is 24.1. The van der Waals surface area contributed by atoms with Crippen molar-refractivity contribution in [1.82, 2.24) is 19.6 Å². The maximum atomic E-state index is 12.4. The number of rotatable bonds is 17. The number of carbonyl (C=O) groups excluding carboxylic acids is 17. The van der Waals surface area contributed by atoms with Crippen molar-refractivity contribution in [2.24, 2.45) is 0 Å². The molecule has 0 bridgehead atoms. The molecule has 37 heteroatoms. The van der Waals surface area contributed by atoms with E-state index >= 15 is 0 Å². The number of nitrogens with zero attached hydrogens (tertiary/aromatic N) is 5. The average Bonchev–Trinajstić information content (AvgIpc) is 1.65. The Balaban J connectivity index is 0.000000193. The quantitative estimate of drug-likeness (QED) is 0.0197. The molecule has 5 aromatic rings. The molecule has 5 aliphatic heterocycles. The van der Waals surface area contributed by atoms with Gasteiger partial charge in [0.05, 0.1) is 73.9 Å². The molecule has 32 nitrogen and oxygen atoms in total. The molecule has 600 valence electrons. The number of esters is 6. The van der Waals surface area contributed by atoms with Crippen LogP contribution in [0.1, 0.15) is 136 Å². The molecule has 15 rings (SSSR count). The number of alkyl halides is 3. The Kier molecular flexibility index (Phi) is 34.5. The summed E-state index contributed by atoms with van der Waals surface area (Å²) in [4.78, 5) is 205. The van der Waals surface area contributed by atoms with Gasteiger partial charge in [0.1, 0.15) is 85.7 Å². The second-order valence-electron chi connectivity index (χ2n) is 25.5. The van der Waals surface area contributed by atoms with Crippen molar-refractivity contribution in [3.63, 3.8) is 0 Å². The SMILES string of the molecule is C1=CCC=C1.O=C(Br)CBr.O=C(CBr)O[C@@H]1C=C[C@H](OC(=O)CBr)C1.O=C(CN1C(=O)c2ccccc2C1=O)OC1C=C[C@@H](OC(=O)CN2C(=O)c3ccccc3C2=O)C1.O=C(CN1C(=O)c2ccccc2C1=O)OC1C[C@H](OC(=O)CN2C(=O)c3ccccc3C2=O)[C@@H](O)[C@H]1O.O=C1[N-]C(=O)c2ccccc21.O[C@@H]1C=C[C@H](O)C1.[K+]. The number of fused-ring (bicyclic) bond motifs is 5. The van der Waals surface area contributed by atoms with E-state index in [-0.39, 0.29) is 148 Å². The number of benzene rings is 5. The van der Waals surface area contributed by atoms with Gasteiger partial charge < -0.3 is 63.8 Å². The van der Waals surface area contributed by atoms with Gasteiger partial charge in [-0.3, -0.25) is 91.5 Å². The zero-order chi connectivity index (χ0) is 83.3. The molecule has 0 spiro atoms. The van der Waals surface area contributed by atoms with Gasteiger partial charge >= 0.3 is 87.2 Å². The number of aliphatic hydroxyl groups excluding tert-OH is 4. The van der Waals surface area contributed by atoms with Crippen LogP contribution in [0.4, 0.5) is 0 Å². The monoisotopic (exact) mass is 1870 g/mol. The minimum absolute atomic E-state index is 0. The molecule has 0 aromatic heterocycles. The number of halogens is 4. The van der Waals surface area contributed by atoms with Crippen LogP contribution in [0.15, 0.2) is 182 Å². The summed E-state index contributed by atoms with van der Waals surface area (Å²) in [5, 5.41) is 41.9. The molecular weight excluding hydrogens is 1810 g/mol. The first-order valence-corrected chi connectivity index (χ1v) is 39.0. The summed E-state index contributed by atoms with van der Waals surface area (Å²) in [6, 6.07) is 31.4. The van der Waals surface area contributed by atoms with Crippen molar-refractivity contribution in [3.8, 4) is 0 Å². The Bertz CT molecular complexity index is 4440. The second-order valence-corrected chi connectivity index (χ2v) is 28.0. The van der Waals surface area contributed by atoms with Gasteiger partial charge in [-0.2, -0.15) is 0 Å². The topological polar surface area (TPSA) is 454 Å². The van der Waals surface area contributed by atoms with Crippen molar-refractivity contribution in [3.05, 3.63) is 243 Å². The molecular formula is C79H68Br4KN5O27. The Morgan fingerprint density at radius 1 is 0.336 bits per heavy atom. The maximum Gasteiger partial charge on any atom is 1.00 e. The van der Waals surface area contributed by atoms with E-state index in [1.807, 2.05) is 0 Å². The fourth-order valence-corrected chi connectivity index (χ4v) is 12.5. The molecule has 0 radical (unpaired) electrons. The van der Waals surface area contributed by atoms with Crippen LogP contribution in [0.5, 0.6) is 0 Å². The van der Waals surface area contributed by atoms with Crippen molar-refractivity contribution in [1.29, 1.82) is 0 Å². The van der Waals surface area contributed by atoms with E-state index in [2.05, 4.69) is 93.3 Å². The predicted octanol–water partition coefficient (Wildman–Crippen LogP) is 3.28. The molecule has 5 aliphatic carbocycles. The van der Waals surface area contributed by atoms with Crippen LogP contribution in [0, 0.1) is 0 Å². The molecule has 5 aromatic carbocycles. The first-order valence-electron chi connectivity index (χ1n) is 34.8. The van der Waals surface area contributed by atoms with Gasteiger partial charge in [0.2, 0.25) is 4.69 Å². The smallest absolute Gasteiger partial charge is 0.587 e. The summed E-state index contributed by atoms with van der Waals surface area (Å²) in [7, 11) is 0. The molecule has 2 unspecified atom stereocenters. The number of hydrogen-bond acceptors (Lipinski definition) is 27. The van der Waals surface area contributed by atoms with Crippen LogP contribution in [0.3, 0.4) is 0 Å². The third-order valence-electron chi connectivity index (χ3n) is 17.6. The summed E-state index contributed by atoms with van der Waals surface area (Å²) >= 11 is 11.6. The zero-order valence-electron chi connectivity index (χ0n) is 61.0. The Hall–Kier alpha value is -9.61. The van der Waals surface area contributed by atoms with E-state index in [0.717, 1.165) is 16.2 Å². The maximum absolute atomic E-state index is 12.4. The third-order valence-corrected chi connectivity index (χ3v) is 20.0. The number of allylic oxidation sites excluding steroid dienone is 4. The van der Waals surface area contributed by atoms with E-state index in [4.69, 9.17) is 38.6 Å². The first-order chi connectivity index (χ1) is 55.0. The van der Waals surface area contributed by atoms with Crippen LogP contribution in [0.25, 0.3) is 5.32 Å². The Labute approximate surface area is 736 Å². The molecule has 1 saturated carbocycles. The molecule has 10 aliphatic rings. The molecule has 10 amide bonds. The Morgan fingerprint density at radius 3 is 0.776 bits per heavy atom. The minimum Gasteiger partial charge on any atom is -0.587 e. The van der Waals surface area contributed by atoms with Crippen molar-refractivity contribution in [2.75, 3.05) is 42.2 Å². The van der Waals surface area contributed by atoms with Crippen molar-refractivity contribution < 1.29 is 182 Å². The van der Waals surface area contributed by atoms with Crippen LogP contribution >= 0.6 is 63.7 Å². The summed E-state index contributed by atoms with van der Waals surface area (Å²) in [5.74, 6) is -10.00. The van der Waals surface area contributed by atoms with Crippen molar-refractivity contribution in [2.45, 2.75) is 93.1 Å². The fraction of sp³-hybridized carbons (Fsp3) is 0.278. The average molecular weight is 1880 g/mol. The van der Waals surface area contributed by atoms with Gasteiger partial charge in [-0.25, -0.2) is 0 Å². The number of amides is 10. The van der Waals surface area contributed by atoms with Gasteiger partial charge in [-0.05, 0) is 95.2 Å². The number of aliphatic hydroxyl groups is 4. The van der Waals surface area contributed by atoms with E-state index in [9.17, 15) is 91.7 Å². The van der Waals surface area contributed by atoms with Gasteiger partial charge in [-0.1, -0.05) is 157 Å². The molecule has 116 heavy (non-hydrogen) atoms. The number of imide groups is 5. The number of hydrogen-bond donors (Lipinski definition) is 4. The van der Waals surface area contributed by atoms with Crippen LogP contribution in [0.2, 0.25) is 0 Å². The minimum atomic E-state index is -1.62. The number of ether oxygens (including phenoxy) is 6. The Morgan fingerprint density at radius 2 is 0.569 bits per heavy atom. The molecule has 10 atom stereocenters. The fourth-order valence-electron chi connectivity index (χ4n) is 12.2. The first kappa shape index (κ1) is 91.9. The molecule has 4 N–H and O–H groups in total.